The molecule has 0 heterocycles. The molecular formula is C13H31NP2S2. The van der Waals surface area contributed by atoms with Crippen LogP contribution in [0, 0.1) is 0 Å². The van der Waals surface area contributed by atoms with Crippen LogP contribution in [0.5, 0.6) is 0 Å². The van der Waals surface area contributed by atoms with Gasteiger partial charge in [0.15, 0.2) is 0 Å². The van der Waals surface area contributed by atoms with E-state index >= 15 is 0 Å². The van der Waals surface area contributed by atoms with Crippen molar-refractivity contribution in [2.24, 2.45) is 0 Å². The van der Waals surface area contributed by atoms with Crippen molar-refractivity contribution < 1.29 is 0 Å². The van der Waals surface area contributed by atoms with Gasteiger partial charge in [0.05, 0.1) is 0 Å². The predicted molar refractivity (Wildman–Crippen MR) is 96.9 cm³/mol. The van der Waals surface area contributed by atoms with Crippen LogP contribution in [0.2, 0.25) is 0 Å². The van der Waals surface area contributed by atoms with Crippen LogP contribution < -0.4 is 4.86 Å². The van der Waals surface area contributed by atoms with E-state index in [1.165, 1.54) is 0 Å². The standard InChI is InChI=1S/C13H31NP2S2/c1-10(2)15(17,11(3)4)14-16(18,12(5)6)13(7,8)9/h10-12H,1-9H3,(H,14,17,18)/t16-/m1/s1. The maximum absolute atomic E-state index is 6.11. The molecule has 0 saturated carbocycles. The highest BCUT2D eigenvalue weighted by molar-refractivity contribution is 8.23. The van der Waals surface area contributed by atoms with E-state index in [0.29, 0.717) is 17.0 Å². The molecule has 0 amide bonds. The summed E-state index contributed by atoms with van der Waals surface area (Å²) < 4.78 is 0. The Hall–Kier alpha value is 1.26. The Kier molecular flexibility index (Phi) is 6.80. The topological polar surface area (TPSA) is 12.0 Å². The quantitative estimate of drug-likeness (QED) is 0.680. The SMILES string of the molecule is CC(C)P(=S)(N[P@@](=S)(C(C)C)C(C)(C)C)C(C)C. The fourth-order valence-electron chi connectivity index (χ4n) is 2.10. The van der Waals surface area contributed by atoms with Crippen LogP contribution in [0.4, 0.5) is 0 Å². The van der Waals surface area contributed by atoms with E-state index in [-0.39, 0.29) is 5.16 Å². The van der Waals surface area contributed by atoms with Gasteiger partial charge in [-0.1, -0.05) is 85.9 Å². The normalized spacial score (nSPS) is 17.6. The fourth-order valence-corrected chi connectivity index (χ4v) is 13.5. The largest absolute Gasteiger partial charge is 0.258 e. The van der Waals surface area contributed by atoms with Gasteiger partial charge in [-0.2, -0.15) is 0 Å². The van der Waals surface area contributed by atoms with Crippen molar-refractivity contribution in [3.05, 3.63) is 0 Å². The summed E-state index contributed by atoms with van der Waals surface area (Å²) in [6, 6.07) is 0. The minimum atomic E-state index is -1.68. The van der Waals surface area contributed by atoms with Crippen LogP contribution in [-0.4, -0.2) is 22.1 Å². The fraction of sp³-hybridized carbons (Fsp3) is 1.00. The molecule has 0 bridgehead atoms. The van der Waals surface area contributed by atoms with Crippen LogP contribution in [0.3, 0.4) is 0 Å². The van der Waals surface area contributed by atoms with E-state index in [2.05, 4.69) is 67.2 Å². The van der Waals surface area contributed by atoms with Crippen LogP contribution >= 0.6 is 12.4 Å². The highest BCUT2D eigenvalue weighted by Crippen LogP contribution is 2.67. The van der Waals surface area contributed by atoms with Gasteiger partial charge in [-0.15, -0.1) is 0 Å². The van der Waals surface area contributed by atoms with Gasteiger partial charge in [-0.3, -0.25) is 4.86 Å². The first kappa shape index (κ1) is 19.3. The molecule has 1 atom stereocenters. The third-order valence-electron chi connectivity index (χ3n) is 3.56. The third-order valence-corrected chi connectivity index (χ3v) is 19.4. The van der Waals surface area contributed by atoms with Crippen molar-refractivity contribution in [3.63, 3.8) is 0 Å². The molecule has 0 saturated heterocycles. The lowest BCUT2D eigenvalue weighted by Gasteiger charge is -2.45. The second-order valence-electron chi connectivity index (χ2n) is 6.92. The van der Waals surface area contributed by atoms with Crippen LogP contribution in [-0.2, 0) is 23.6 Å². The smallest absolute Gasteiger partial charge is 0.0239 e. The van der Waals surface area contributed by atoms with E-state index in [1.54, 1.807) is 0 Å². The van der Waals surface area contributed by atoms with Gasteiger partial charge in [-0.05, 0) is 17.0 Å². The van der Waals surface area contributed by atoms with Crippen molar-refractivity contribution in [1.82, 2.24) is 4.86 Å². The third kappa shape index (κ3) is 3.89. The number of hydrogen-bond donors (Lipinski definition) is 1. The Morgan fingerprint density at radius 3 is 1.28 bits per heavy atom. The molecule has 18 heavy (non-hydrogen) atoms. The van der Waals surface area contributed by atoms with Crippen LogP contribution in [0.15, 0.2) is 0 Å². The Balaban J connectivity index is 5.63. The van der Waals surface area contributed by atoms with E-state index in [4.69, 9.17) is 23.6 Å². The molecule has 1 nitrogen and oxygen atoms in total. The Morgan fingerprint density at radius 1 is 0.778 bits per heavy atom. The first-order valence-corrected chi connectivity index (χ1v) is 12.6. The van der Waals surface area contributed by atoms with E-state index in [9.17, 15) is 0 Å². The van der Waals surface area contributed by atoms with E-state index in [1.807, 2.05) is 0 Å². The van der Waals surface area contributed by atoms with Crippen LogP contribution in [0.1, 0.15) is 62.3 Å². The zero-order valence-electron chi connectivity index (χ0n) is 13.4. The molecular weight excluding hydrogens is 296 g/mol. The van der Waals surface area contributed by atoms with Gasteiger partial charge < -0.3 is 0 Å². The van der Waals surface area contributed by atoms with E-state index < -0.39 is 12.4 Å². The summed E-state index contributed by atoms with van der Waals surface area (Å²) in [6.07, 6.45) is -3.28. The zero-order valence-corrected chi connectivity index (χ0v) is 16.9. The number of nitrogens with one attached hydrogen (secondary N) is 1. The summed E-state index contributed by atoms with van der Waals surface area (Å²) >= 11 is 12.2. The summed E-state index contributed by atoms with van der Waals surface area (Å²) in [6.45, 7) is 20.3. The molecule has 0 aromatic carbocycles. The van der Waals surface area contributed by atoms with Crippen molar-refractivity contribution in [1.29, 1.82) is 0 Å². The zero-order chi connectivity index (χ0) is 14.9. The van der Waals surface area contributed by atoms with Crippen molar-refractivity contribution in [3.8, 4) is 0 Å². The lowest BCUT2D eigenvalue weighted by atomic mass is 10.3. The van der Waals surface area contributed by atoms with Gasteiger partial charge in [0, 0.05) is 17.5 Å². The monoisotopic (exact) mass is 327 g/mol. The van der Waals surface area contributed by atoms with Crippen LogP contribution in [0.25, 0.3) is 0 Å². The molecule has 0 aliphatic heterocycles. The molecule has 0 aromatic rings. The number of hydrogen-bond acceptors (Lipinski definition) is 2. The first-order valence-electron chi connectivity index (χ1n) is 6.77. The molecule has 0 rings (SSSR count). The molecule has 0 spiro atoms. The summed E-state index contributed by atoms with van der Waals surface area (Å²) in [7, 11) is 0. The Bertz CT molecular complexity index is 356. The minimum Gasteiger partial charge on any atom is -0.258 e. The molecule has 1 N–H and O–H groups in total. The lowest BCUT2D eigenvalue weighted by molar-refractivity contribution is 0.761. The van der Waals surface area contributed by atoms with Gasteiger partial charge in [0.2, 0.25) is 0 Å². The average molecular weight is 327 g/mol. The molecule has 0 fully saturated rings. The second-order valence-corrected chi connectivity index (χ2v) is 18.4. The molecule has 0 unspecified atom stereocenters. The minimum absolute atomic E-state index is 0.129. The summed E-state index contributed by atoms with van der Waals surface area (Å²) in [5.41, 5.74) is 1.51. The molecule has 0 aromatic heterocycles. The van der Waals surface area contributed by atoms with Gasteiger partial charge in [0.25, 0.3) is 0 Å². The lowest BCUT2D eigenvalue weighted by Crippen LogP contribution is -2.32. The first-order chi connectivity index (χ1) is 7.79. The Labute approximate surface area is 125 Å². The van der Waals surface area contributed by atoms with Gasteiger partial charge >= 0.3 is 0 Å². The maximum atomic E-state index is 6.11. The molecule has 110 valence electrons. The van der Waals surface area contributed by atoms with Crippen molar-refractivity contribution in [2.45, 2.75) is 84.4 Å². The highest BCUT2D eigenvalue weighted by Gasteiger charge is 2.40. The van der Waals surface area contributed by atoms with E-state index in [0.717, 1.165) is 0 Å². The summed E-state index contributed by atoms with van der Waals surface area (Å²) in [4.78, 5) is 3.90. The number of rotatable bonds is 5. The van der Waals surface area contributed by atoms with Gasteiger partial charge in [0.1, 0.15) is 0 Å². The summed E-state index contributed by atoms with van der Waals surface area (Å²) in [5, 5.41) is 0.129. The molecule has 0 radical (unpaired) electrons. The molecule has 0 aliphatic carbocycles. The summed E-state index contributed by atoms with van der Waals surface area (Å²) in [5.74, 6) is 0. The average Bonchev–Trinajstić information content (AvgIpc) is 2.14. The second kappa shape index (κ2) is 6.35. The molecule has 5 heteroatoms. The molecule has 0 aliphatic rings. The highest BCUT2D eigenvalue weighted by atomic mass is 32.5. The van der Waals surface area contributed by atoms with Crippen molar-refractivity contribution in [2.75, 3.05) is 0 Å². The maximum Gasteiger partial charge on any atom is 0.0239 e. The predicted octanol–water partition coefficient (Wildman–Crippen LogP) is 5.39. The Morgan fingerprint density at radius 2 is 1.11 bits per heavy atom. The van der Waals surface area contributed by atoms with Gasteiger partial charge in [-0.25, -0.2) is 0 Å². The van der Waals surface area contributed by atoms with Crippen molar-refractivity contribution >= 4 is 36.0 Å².